The maximum Gasteiger partial charge on any atom is 0.407 e. The normalized spacial score (nSPS) is 38.1. The number of aliphatic hydroxyl groups excluding tert-OH is 7. The number of carbonyl (C=O) groups excluding carboxylic acids is 1. The largest absolute Gasteiger partial charge is 0.440 e. The van der Waals surface area contributed by atoms with Crippen LogP contribution in [0.1, 0.15) is 45.4 Å². The summed E-state index contributed by atoms with van der Waals surface area (Å²) in [6.07, 6.45) is -7.51. The van der Waals surface area contributed by atoms with Crippen molar-refractivity contribution in [3.05, 3.63) is 0 Å². The number of amides is 1. The molecular weight excluding hydrogens is 458 g/mol. The number of hydrogen-bond acceptors (Lipinski definition) is 12. The molecule has 9 atom stereocenters. The lowest BCUT2D eigenvalue weighted by Crippen LogP contribution is -2.62. The number of hydrogen-bond donors (Lipinski definition) is 8. The monoisotopic (exact) mass is 497 g/mol. The predicted octanol–water partition coefficient (Wildman–Crippen LogP) is -2.30. The van der Waals surface area contributed by atoms with Crippen molar-refractivity contribution in [2.45, 2.75) is 100 Å². The minimum absolute atomic E-state index is 0.352. The molecule has 0 aliphatic carbocycles. The fourth-order valence-electron chi connectivity index (χ4n) is 4.02. The van der Waals surface area contributed by atoms with Crippen LogP contribution in [0, 0.1) is 0 Å². The molecule has 2 heterocycles. The van der Waals surface area contributed by atoms with Crippen molar-refractivity contribution >= 4 is 6.09 Å². The van der Waals surface area contributed by atoms with Gasteiger partial charge in [0, 0.05) is 6.54 Å². The van der Waals surface area contributed by atoms with Gasteiger partial charge in [0.15, 0.2) is 12.4 Å². The van der Waals surface area contributed by atoms with E-state index in [1.165, 1.54) is 0 Å². The fourth-order valence-corrected chi connectivity index (χ4v) is 4.02. The van der Waals surface area contributed by atoms with E-state index >= 15 is 0 Å². The van der Waals surface area contributed by atoms with Gasteiger partial charge < -0.3 is 60.0 Å². The summed E-state index contributed by atoms with van der Waals surface area (Å²) in [6.45, 7) is 0.0545. The lowest BCUT2D eigenvalue weighted by Gasteiger charge is -2.43. The Kier molecular flexibility index (Phi) is 11.8. The van der Waals surface area contributed by atoms with Gasteiger partial charge in [-0.25, -0.2) is 4.79 Å². The predicted molar refractivity (Wildman–Crippen MR) is 114 cm³/mol. The van der Waals surface area contributed by atoms with Gasteiger partial charge in [0.25, 0.3) is 0 Å². The molecule has 0 aromatic rings. The summed E-state index contributed by atoms with van der Waals surface area (Å²) in [4.78, 5) is 12.2. The van der Waals surface area contributed by atoms with Crippen molar-refractivity contribution in [3.63, 3.8) is 0 Å². The number of unbranched alkanes of at least 4 members (excludes halogenated alkanes) is 5. The molecule has 0 unspecified atom stereocenters. The summed E-state index contributed by atoms with van der Waals surface area (Å²) >= 11 is 0. The van der Waals surface area contributed by atoms with Gasteiger partial charge in [0.05, 0.1) is 13.2 Å². The van der Waals surface area contributed by atoms with E-state index in [2.05, 4.69) is 12.2 Å². The zero-order chi connectivity index (χ0) is 25.3. The molecule has 13 heteroatoms. The molecule has 2 aliphatic rings. The maximum atomic E-state index is 12.2. The third-order valence-corrected chi connectivity index (χ3v) is 6.09. The Labute approximate surface area is 198 Å². The second-order valence-electron chi connectivity index (χ2n) is 8.63. The third-order valence-electron chi connectivity index (χ3n) is 6.09. The highest BCUT2D eigenvalue weighted by Gasteiger charge is 2.60. The number of aliphatic hydroxyl groups is 7. The Morgan fingerprint density at radius 2 is 1.56 bits per heavy atom. The standard InChI is InChI=1S/C21H39NO12/c1-2-3-4-5-6-7-8-22-20(30)32-17-13(10-24)33-21(11-25,18(17)29)34-19-16(28)15(27)14(26)12(9-23)31-19/h12-19,23-29H,2-11H2,1H3,(H,22,30)/t12-,13-,14-,15+,16-,17-,18+,19-,21+/m1/s1. The van der Waals surface area contributed by atoms with E-state index in [0.717, 1.165) is 38.5 Å². The van der Waals surface area contributed by atoms with Crippen LogP contribution >= 0.6 is 0 Å². The molecule has 2 aliphatic heterocycles. The van der Waals surface area contributed by atoms with Crippen LogP contribution in [0.2, 0.25) is 0 Å². The van der Waals surface area contributed by atoms with Gasteiger partial charge in [0.2, 0.25) is 5.79 Å². The zero-order valence-electron chi connectivity index (χ0n) is 19.4. The van der Waals surface area contributed by atoms with E-state index < -0.39 is 80.7 Å². The smallest absolute Gasteiger partial charge is 0.407 e. The number of carbonyl (C=O) groups is 1. The molecule has 0 spiro atoms. The van der Waals surface area contributed by atoms with Crippen LogP contribution < -0.4 is 5.32 Å². The lowest BCUT2D eigenvalue weighted by molar-refractivity contribution is -0.383. The average molecular weight is 498 g/mol. The molecule has 1 amide bonds. The number of alkyl carbamates (subject to hydrolysis) is 1. The van der Waals surface area contributed by atoms with Gasteiger partial charge in [0.1, 0.15) is 43.2 Å². The first-order valence-corrected chi connectivity index (χ1v) is 11.7. The molecule has 13 nitrogen and oxygen atoms in total. The summed E-state index contributed by atoms with van der Waals surface area (Å²) in [6, 6.07) is 0. The van der Waals surface area contributed by atoms with Crippen LogP contribution in [-0.4, -0.2) is 123 Å². The molecule has 34 heavy (non-hydrogen) atoms. The summed E-state index contributed by atoms with van der Waals surface area (Å²) in [5.41, 5.74) is 0. The summed E-state index contributed by atoms with van der Waals surface area (Å²) in [5, 5.41) is 72.3. The Hall–Kier alpha value is -1.13. The Bertz CT molecular complexity index is 610. The van der Waals surface area contributed by atoms with Crippen molar-refractivity contribution in [1.82, 2.24) is 5.32 Å². The van der Waals surface area contributed by atoms with Crippen LogP contribution in [0.15, 0.2) is 0 Å². The van der Waals surface area contributed by atoms with Crippen molar-refractivity contribution in [1.29, 1.82) is 0 Å². The SMILES string of the molecule is CCCCCCCCNC(=O)O[C@@H]1[C@@H](CO)O[C@@](CO)(O[C@H]2O[C@H](CO)[C@@H](O)[C@H](O)[C@H]2O)[C@H]1O. The molecule has 0 aromatic heterocycles. The molecule has 8 N–H and O–H groups in total. The van der Waals surface area contributed by atoms with Gasteiger partial charge in [-0.3, -0.25) is 0 Å². The van der Waals surface area contributed by atoms with E-state index in [9.17, 15) is 40.5 Å². The molecule has 2 rings (SSSR count). The molecule has 2 fully saturated rings. The summed E-state index contributed by atoms with van der Waals surface area (Å²) in [5.74, 6) is -2.30. The zero-order valence-corrected chi connectivity index (χ0v) is 19.4. The lowest BCUT2D eigenvalue weighted by atomic mass is 9.99. The highest BCUT2D eigenvalue weighted by atomic mass is 16.8. The van der Waals surface area contributed by atoms with Gasteiger partial charge in [-0.05, 0) is 6.42 Å². The molecule has 200 valence electrons. The summed E-state index contributed by atoms with van der Waals surface area (Å²) < 4.78 is 21.4. The molecular formula is C21H39NO12. The third kappa shape index (κ3) is 6.97. The van der Waals surface area contributed by atoms with E-state index in [4.69, 9.17) is 18.9 Å². The van der Waals surface area contributed by atoms with Crippen molar-refractivity contribution in [3.8, 4) is 0 Å². The van der Waals surface area contributed by atoms with Crippen LogP contribution in [0.3, 0.4) is 0 Å². The maximum absolute atomic E-state index is 12.2. The minimum Gasteiger partial charge on any atom is -0.440 e. The highest BCUT2D eigenvalue weighted by Crippen LogP contribution is 2.37. The van der Waals surface area contributed by atoms with Crippen LogP contribution in [0.5, 0.6) is 0 Å². The average Bonchev–Trinajstić information content (AvgIpc) is 3.09. The molecule has 0 saturated carbocycles. The van der Waals surface area contributed by atoms with E-state index in [1.54, 1.807) is 0 Å². The van der Waals surface area contributed by atoms with Gasteiger partial charge in [-0.2, -0.15) is 0 Å². The first kappa shape index (κ1) is 29.1. The number of ether oxygens (including phenoxy) is 4. The Morgan fingerprint density at radius 3 is 2.18 bits per heavy atom. The first-order chi connectivity index (χ1) is 16.2. The van der Waals surface area contributed by atoms with Crippen molar-refractivity contribution in [2.24, 2.45) is 0 Å². The van der Waals surface area contributed by atoms with Crippen LogP contribution in [0.4, 0.5) is 4.79 Å². The number of nitrogens with one attached hydrogen (secondary N) is 1. The van der Waals surface area contributed by atoms with Gasteiger partial charge in [-0.1, -0.05) is 39.0 Å². The minimum atomic E-state index is -2.30. The first-order valence-electron chi connectivity index (χ1n) is 11.7. The Morgan fingerprint density at radius 1 is 0.912 bits per heavy atom. The number of rotatable bonds is 13. The fraction of sp³-hybridized carbons (Fsp3) is 0.952. The topological polar surface area (TPSA) is 208 Å². The second-order valence-corrected chi connectivity index (χ2v) is 8.63. The van der Waals surface area contributed by atoms with Crippen molar-refractivity contribution < 1.29 is 59.5 Å². The Balaban J connectivity index is 1.97. The molecule has 0 radical (unpaired) electrons. The van der Waals surface area contributed by atoms with E-state index in [-0.39, 0.29) is 0 Å². The highest BCUT2D eigenvalue weighted by molar-refractivity contribution is 5.67. The van der Waals surface area contributed by atoms with E-state index in [0.29, 0.717) is 6.54 Å². The molecule has 0 aromatic carbocycles. The van der Waals surface area contributed by atoms with Gasteiger partial charge >= 0.3 is 6.09 Å². The molecule has 2 saturated heterocycles. The molecule has 0 bridgehead atoms. The van der Waals surface area contributed by atoms with Gasteiger partial charge in [-0.15, -0.1) is 0 Å². The van der Waals surface area contributed by atoms with Crippen LogP contribution in [-0.2, 0) is 18.9 Å². The summed E-state index contributed by atoms with van der Waals surface area (Å²) in [7, 11) is 0. The second kappa shape index (κ2) is 13.8. The van der Waals surface area contributed by atoms with Crippen LogP contribution in [0.25, 0.3) is 0 Å². The van der Waals surface area contributed by atoms with E-state index in [1.807, 2.05) is 0 Å². The quantitative estimate of drug-likeness (QED) is 0.126. The van der Waals surface area contributed by atoms with Crippen molar-refractivity contribution in [2.75, 3.05) is 26.4 Å².